The Bertz CT molecular complexity index is 450. The van der Waals surface area contributed by atoms with Crippen LogP contribution in [0.5, 0.6) is 0 Å². The summed E-state index contributed by atoms with van der Waals surface area (Å²) in [7, 11) is 0. The zero-order valence-corrected chi connectivity index (χ0v) is 9.86. The van der Waals surface area contributed by atoms with Gasteiger partial charge < -0.3 is 0 Å². The van der Waals surface area contributed by atoms with Gasteiger partial charge in [-0.15, -0.1) is 0 Å². The highest BCUT2D eigenvalue weighted by Gasteiger charge is 2.38. The van der Waals surface area contributed by atoms with Crippen molar-refractivity contribution in [2.45, 2.75) is 38.8 Å². The molecule has 0 saturated carbocycles. The lowest BCUT2D eigenvalue weighted by atomic mass is 9.92. The van der Waals surface area contributed by atoms with E-state index in [4.69, 9.17) is 0 Å². The van der Waals surface area contributed by atoms with Gasteiger partial charge in [0.1, 0.15) is 0 Å². The Hall–Kier alpha value is -1.15. The minimum absolute atomic E-state index is 0.328. The summed E-state index contributed by atoms with van der Waals surface area (Å²) in [4.78, 5) is 14.4. The van der Waals surface area contributed by atoms with Crippen LogP contribution in [-0.2, 0) is 6.42 Å². The van der Waals surface area contributed by atoms with Gasteiger partial charge in [0.25, 0.3) is 0 Å². The van der Waals surface area contributed by atoms with Crippen molar-refractivity contribution in [1.82, 2.24) is 4.90 Å². The zero-order valence-electron chi connectivity index (χ0n) is 9.86. The molecule has 0 saturated heterocycles. The maximum absolute atomic E-state index is 12.0. The normalized spacial score (nSPS) is 23.9. The van der Waals surface area contributed by atoms with E-state index in [0.29, 0.717) is 24.3 Å². The Labute approximate surface area is 96.3 Å². The second-order valence-corrected chi connectivity index (χ2v) is 5.10. The fraction of sp³-hybridized carbons (Fsp3) is 0.500. The van der Waals surface area contributed by atoms with Crippen molar-refractivity contribution >= 4 is 5.78 Å². The van der Waals surface area contributed by atoms with Gasteiger partial charge in [-0.2, -0.15) is 0 Å². The van der Waals surface area contributed by atoms with Crippen molar-refractivity contribution in [3.8, 4) is 0 Å². The number of ketones is 1. The number of Topliss-reactive ketones (excluding diaryl/α,β-unsaturated/α-hetero) is 1. The molecular formula is C14H17NO. The summed E-state index contributed by atoms with van der Waals surface area (Å²) in [5.74, 6) is 0.328. The Morgan fingerprint density at radius 3 is 2.94 bits per heavy atom. The van der Waals surface area contributed by atoms with E-state index in [0.717, 1.165) is 18.5 Å². The van der Waals surface area contributed by atoms with Crippen LogP contribution in [-0.4, -0.2) is 23.3 Å². The first-order chi connectivity index (χ1) is 7.68. The predicted octanol–water partition coefficient (Wildman–Crippen LogP) is 2.58. The van der Waals surface area contributed by atoms with Crippen LogP contribution in [0.25, 0.3) is 0 Å². The van der Waals surface area contributed by atoms with Crippen LogP contribution < -0.4 is 0 Å². The largest absolute Gasteiger partial charge is 0.294 e. The van der Waals surface area contributed by atoms with Crippen molar-refractivity contribution in [2.75, 3.05) is 6.54 Å². The van der Waals surface area contributed by atoms with Gasteiger partial charge in [-0.05, 0) is 31.4 Å². The van der Waals surface area contributed by atoms with E-state index in [9.17, 15) is 4.79 Å². The van der Waals surface area contributed by atoms with Crippen LogP contribution in [0.15, 0.2) is 18.2 Å². The number of carbonyl (C=O) groups is 1. The topological polar surface area (TPSA) is 20.3 Å². The SMILES string of the molecule is CC(C)N1CCc2cccc3c2C1CC3=O. The van der Waals surface area contributed by atoms with Crippen molar-refractivity contribution in [3.05, 3.63) is 34.9 Å². The molecule has 1 atom stereocenters. The summed E-state index contributed by atoms with van der Waals surface area (Å²) >= 11 is 0. The highest BCUT2D eigenvalue weighted by molar-refractivity contribution is 6.01. The monoisotopic (exact) mass is 215 g/mol. The van der Waals surface area contributed by atoms with Gasteiger partial charge in [-0.3, -0.25) is 9.69 Å². The molecule has 1 aromatic rings. The van der Waals surface area contributed by atoms with E-state index in [-0.39, 0.29) is 0 Å². The number of benzene rings is 1. The molecule has 0 N–H and O–H groups in total. The fourth-order valence-electron chi connectivity index (χ4n) is 3.16. The molecule has 2 heteroatoms. The summed E-state index contributed by atoms with van der Waals surface area (Å²) in [6.07, 6.45) is 1.77. The zero-order chi connectivity index (χ0) is 11.3. The smallest absolute Gasteiger partial charge is 0.165 e. The Morgan fingerprint density at radius 2 is 2.19 bits per heavy atom. The van der Waals surface area contributed by atoms with Gasteiger partial charge in [0.05, 0.1) is 0 Å². The predicted molar refractivity (Wildman–Crippen MR) is 63.7 cm³/mol. The van der Waals surface area contributed by atoms with Crippen LogP contribution in [0.4, 0.5) is 0 Å². The molecule has 1 heterocycles. The number of nitrogens with zero attached hydrogens (tertiary/aromatic N) is 1. The molecule has 3 rings (SSSR count). The van der Waals surface area contributed by atoms with E-state index >= 15 is 0 Å². The summed E-state index contributed by atoms with van der Waals surface area (Å²) in [6, 6.07) is 7.08. The molecular weight excluding hydrogens is 198 g/mol. The maximum atomic E-state index is 12.0. The number of rotatable bonds is 1. The lowest BCUT2D eigenvalue weighted by molar-refractivity contribution is 0.0921. The number of hydrogen-bond donors (Lipinski definition) is 0. The average Bonchev–Trinajstić information content (AvgIpc) is 2.59. The van der Waals surface area contributed by atoms with Crippen LogP contribution in [0.2, 0.25) is 0 Å². The van der Waals surface area contributed by atoms with Crippen molar-refractivity contribution in [1.29, 1.82) is 0 Å². The third-order valence-corrected chi connectivity index (χ3v) is 3.91. The lowest BCUT2D eigenvalue weighted by Gasteiger charge is -2.37. The summed E-state index contributed by atoms with van der Waals surface area (Å²) < 4.78 is 0. The molecule has 0 radical (unpaired) electrons. The van der Waals surface area contributed by atoms with Gasteiger partial charge in [0.15, 0.2) is 5.78 Å². The lowest BCUT2D eigenvalue weighted by Crippen LogP contribution is -2.39. The molecule has 84 valence electrons. The highest BCUT2D eigenvalue weighted by atomic mass is 16.1. The van der Waals surface area contributed by atoms with E-state index in [2.05, 4.69) is 24.8 Å². The minimum atomic E-state index is 0.328. The van der Waals surface area contributed by atoms with Gasteiger partial charge in [0.2, 0.25) is 0 Å². The van der Waals surface area contributed by atoms with Crippen molar-refractivity contribution in [3.63, 3.8) is 0 Å². The first-order valence-corrected chi connectivity index (χ1v) is 6.09. The Balaban J connectivity index is 2.13. The molecule has 1 aliphatic heterocycles. The van der Waals surface area contributed by atoms with Gasteiger partial charge in [-0.1, -0.05) is 18.2 Å². The van der Waals surface area contributed by atoms with Crippen molar-refractivity contribution < 1.29 is 4.79 Å². The third kappa shape index (κ3) is 1.26. The first kappa shape index (κ1) is 10.0. The van der Waals surface area contributed by atoms with Crippen LogP contribution in [0, 0.1) is 0 Å². The van der Waals surface area contributed by atoms with E-state index in [1.165, 1.54) is 11.1 Å². The Kier molecular flexibility index (Phi) is 2.15. The molecule has 0 aromatic heterocycles. The highest BCUT2D eigenvalue weighted by Crippen LogP contribution is 2.41. The van der Waals surface area contributed by atoms with E-state index < -0.39 is 0 Å². The average molecular weight is 215 g/mol. The molecule has 1 unspecified atom stereocenters. The second-order valence-electron chi connectivity index (χ2n) is 5.10. The second kappa shape index (κ2) is 3.42. The van der Waals surface area contributed by atoms with Crippen LogP contribution in [0.1, 0.15) is 47.8 Å². The molecule has 2 nitrogen and oxygen atoms in total. The molecule has 0 spiro atoms. The molecule has 1 aromatic carbocycles. The van der Waals surface area contributed by atoms with Crippen LogP contribution >= 0.6 is 0 Å². The molecule has 0 fully saturated rings. The van der Waals surface area contributed by atoms with Crippen LogP contribution in [0.3, 0.4) is 0 Å². The van der Waals surface area contributed by atoms with E-state index in [1.807, 2.05) is 12.1 Å². The van der Waals surface area contributed by atoms with Gasteiger partial charge in [0, 0.05) is 30.6 Å². The third-order valence-electron chi connectivity index (χ3n) is 3.91. The fourth-order valence-corrected chi connectivity index (χ4v) is 3.16. The Morgan fingerprint density at radius 1 is 1.38 bits per heavy atom. The summed E-state index contributed by atoms with van der Waals surface area (Å²) in [6.45, 7) is 5.53. The van der Waals surface area contributed by atoms with E-state index in [1.54, 1.807) is 0 Å². The molecule has 16 heavy (non-hydrogen) atoms. The number of carbonyl (C=O) groups excluding carboxylic acids is 1. The minimum Gasteiger partial charge on any atom is -0.294 e. The molecule has 1 aliphatic carbocycles. The maximum Gasteiger partial charge on any atom is 0.165 e. The molecule has 0 bridgehead atoms. The van der Waals surface area contributed by atoms with Gasteiger partial charge in [-0.25, -0.2) is 0 Å². The molecule has 2 aliphatic rings. The summed E-state index contributed by atoms with van der Waals surface area (Å²) in [5, 5.41) is 0. The quantitative estimate of drug-likeness (QED) is 0.717. The van der Waals surface area contributed by atoms with Gasteiger partial charge >= 0.3 is 0 Å². The number of hydrogen-bond acceptors (Lipinski definition) is 2. The molecule has 0 amide bonds. The standard InChI is InChI=1S/C14H17NO/c1-9(2)15-7-6-10-4-3-5-11-13(16)8-12(15)14(10)11/h3-5,9,12H,6-8H2,1-2H3. The van der Waals surface area contributed by atoms with Crippen molar-refractivity contribution in [2.24, 2.45) is 0 Å². The first-order valence-electron chi connectivity index (χ1n) is 6.09. The summed E-state index contributed by atoms with van der Waals surface area (Å²) in [5.41, 5.74) is 3.70.